The van der Waals surface area contributed by atoms with Crippen molar-refractivity contribution in [1.29, 1.82) is 0 Å². The highest BCUT2D eigenvalue weighted by molar-refractivity contribution is 5.71. The van der Waals surface area contributed by atoms with Crippen LogP contribution in [0.5, 0.6) is 0 Å². The van der Waals surface area contributed by atoms with Crippen LogP contribution in [0, 0.1) is 0 Å². The first-order valence-corrected chi connectivity index (χ1v) is 7.14. The van der Waals surface area contributed by atoms with Gasteiger partial charge in [-0.2, -0.15) is 10.2 Å². The summed E-state index contributed by atoms with van der Waals surface area (Å²) in [4.78, 5) is 0. The summed E-state index contributed by atoms with van der Waals surface area (Å²) in [5.41, 5.74) is 4.23. The van der Waals surface area contributed by atoms with Gasteiger partial charge in [0.25, 0.3) is 0 Å². The molecule has 2 heterocycles. The fraction of sp³-hybridized carbons (Fsp3) is 0.111. The van der Waals surface area contributed by atoms with Gasteiger partial charge in [0, 0.05) is 26.5 Å². The largest absolute Gasteiger partial charge is 0.275 e. The maximum atomic E-state index is 4.32. The molecular formula is C18H18N4. The molecule has 1 aromatic carbocycles. The van der Waals surface area contributed by atoms with Gasteiger partial charge in [-0.25, -0.2) is 0 Å². The maximum Gasteiger partial charge on any atom is 0.0850 e. The molecule has 0 saturated heterocycles. The minimum atomic E-state index is 0.960. The van der Waals surface area contributed by atoms with Gasteiger partial charge in [0.15, 0.2) is 0 Å². The van der Waals surface area contributed by atoms with Crippen molar-refractivity contribution < 1.29 is 0 Å². The second kappa shape index (κ2) is 6.26. The first-order valence-electron chi connectivity index (χ1n) is 7.14. The van der Waals surface area contributed by atoms with Crippen LogP contribution in [-0.2, 0) is 14.1 Å². The van der Waals surface area contributed by atoms with Crippen LogP contribution in [-0.4, -0.2) is 19.6 Å². The summed E-state index contributed by atoms with van der Waals surface area (Å²) < 4.78 is 3.59. The highest BCUT2D eigenvalue weighted by atomic mass is 15.2. The van der Waals surface area contributed by atoms with Crippen molar-refractivity contribution in [2.75, 3.05) is 0 Å². The van der Waals surface area contributed by atoms with E-state index in [0.29, 0.717) is 0 Å². The van der Waals surface area contributed by atoms with Gasteiger partial charge < -0.3 is 0 Å². The van der Waals surface area contributed by atoms with Crippen LogP contribution >= 0.6 is 0 Å². The number of nitrogens with zero attached hydrogens (tertiary/aromatic N) is 4. The molecule has 0 aliphatic rings. The number of rotatable bonds is 4. The van der Waals surface area contributed by atoms with E-state index in [4.69, 9.17) is 0 Å². The zero-order chi connectivity index (χ0) is 15.4. The molecule has 0 spiro atoms. The first-order chi connectivity index (χ1) is 10.7. The molecule has 0 radical (unpaired) electrons. The number of hydrogen-bond acceptors (Lipinski definition) is 2. The Morgan fingerprint density at radius 3 is 1.36 bits per heavy atom. The molecule has 3 aromatic rings. The van der Waals surface area contributed by atoms with E-state index in [1.165, 1.54) is 0 Å². The van der Waals surface area contributed by atoms with Gasteiger partial charge in [-0.3, -0.25) is 9.36 Å². The van der Waals surface area contributed by atoms with Crippen molar-refractivity contribution in [3.8, 4) is 0 Å². The third kappa shape index (κ3) is 3.61. The Morgan fingerprint density at radius 1 is 0.636 bits per heavy atom. The first kappa shape index (κ1) is 14.1. The lowest BCUT2D eigenvalue weighted by atomic mass is 10.1. The van der Waals surface area contributed by atoms with E-state index in [1.807, 2.05) is 50.8 Å². The van der Waals surface area contributed by atoms with Gasteiger partial charge in [-0.15, -0.1) is 0 Å². The molecule has 22 heavy (non-hydrogen) atoms. The Labute approximate surface area is 130 Å². The summed E-state index contributed by atoms with van der Waals surface area (Å²) in [6.45, 7) is 0. The van der Waals surface area contributed by atoms with Crippen LogP contribution in [0.1, 0.15) is 22.5 Å². The van der Waals surface area contributed by atoms with Crippen molar-refractivity contribution in [2.45, 2.75) is 0 Å². The van der Waals surface area contributed by atoms with E-state index in [9.17, 15) is 0 Å². The molecule has 0 bridgehead atoms. The Kier molecular flexibility index (Phi) is 4.01. The summed E-state index contributed by atoms with van der Waals surface area (Å²) in [5.74, 6) is 0. The summed E-state index contributed by atoms with van der Waals surface area (Å²) in [7, 11) is 3.83. The zero-order valence-electron chi connectivity index (χ0n) is 12.7. The van der Waals surface area contributed by atoms with E-state index in [1.54, 1.807) is 9.36 Å². The molecule has 110 valence electrons. The molecule has 0 aliphatic heterocycles. The van der Waals surface area contributed by atoms with Crippen molar-refractivity contribution in [1.82, 2.24) is 19.6 Å². The Balaban J connectivity index is 1.67. The highest BCUT2D eigenvalue weighted by Crippen LogP contribution is 2.11. The number of aromatic nitrogens is 4. The van der Waals surface area contributed by atoms with Crippen molar-refractivity contribution in [3.63, 3.8) is 0 Å². The van der Waals surface area contributed by atoms with Crippen LogP contribution in [0.25, 0.3) is 24.3 Å². The SMILES string of the molecule is Cn1ccc(/C=C/c2ccc(/C=C/c3ccn(C)n3)cc2)n1. The molecule has 0 saturated carbocycles. The lowest BCUT2D eigenvalue weighted by Crippen LogP contribution is -1.86. The molecule has 3 rings (SSSR count). The summed E-state index contributed by atoms with van der Waals surface area (Å²) in [6.07, 6.45) is 12.0. The van der Waals surface area contributed by atoms with Gasteiger partial charge in [0.2, 0.25) is 0 Å². The third-order valence-electron chi connectivity index (χ3n) is 3.30. The van der Waals surface area contributed by atoms with Crippen molar-refractivity contribution >= 4 is 24.3 Å². The molecular weight excluding hydrogens is 272 g/mol. The summed E-state index contributed by atoms with van der Waals surface area (Å²) in [5, 5.41) is 8.64. The monoisotopic (exact) mass is 290 g/mol. The average Bonchev–Trinajstić information content (AvgIpc) is 3.12. The molecule has 4 nitrogen and oxygen atoms in total. The van der Waals surface area contributed by atoms with Gasteiger partial charge in [-0.1, -0.05) is 36.4 Å². The number of hydrogen-bond donors (Lipinski definition) is 0. The van der Waals surface area contributed by atoms with E-state index < -0.39 is 0 Å². The minimum Gasteiger partial charge on any atom is -0.275 e. The normalized spacial score (nSPS) is 11.7. The van der Waals surface area contributed by atoms with Crippen LogP contribution in [0.2, 0.25) is 0 Å². The van der Waals surface area contributed by atoms with E-state index in [2.05, 4.69) is 46.6 Å². The smallest absolute Gasteiger partial charge is 0.0850 e. The lowest BCUT2D eigenvalue weighted by Gasteiger charge is -1.95. The topological polar surface area (TPSA) is 35.6 Å². The highest BCUT2D eigenvalue weighted by Gasteiger charge is 1.93. The van der Waals surface area contributed by atoms with Crippen LogP contribution in [0.15, 0.2) is 48.8 Å². The van der Waals surface area contributed by atoms with Crippen molar-refractivity contribution in [3.05, 3.63) is 71.3 Å². The zero-order valence-corrected chi connectivity index (χ0v) is 12.7. The average molecular weight is 290 g/mol. The summed E-state index contributed by atoms with van der Waals surface area (Å²) >= 11 is 0. The van der Waals surface area contributed by atoms with Gasteiger partial charge >= 0.3 is 0 Å². The van der Waals surface area contributed by atoms with Gasteiger partial charge in [0.1, 0.15) is 0 Å². The second-order valence-corrected chi connectivity index (χ2v) is 5.16. The maximum absolute atomic E-state index is 4.32. The Morgan fingerprint density at radius 2 is 1.05 bits per heavy atom. The molecule has 0 atom stereocenters. The minimum absolute atomic E-state index is 0.960. The molecule has 0 aliphatic carbocycles. The predicted molar refractivity (Wildman–Crippen MR) is 90.7 cm³/mol. The Hall–Kier alpha value is -2.88. The molecule has 0 N–H and O–H groups in total. The van der Waals surface area contributed by atoms with Gasteiger partial charge in [0.05, 0.1) is 11.4 Å². The fourth-order valence-electron chi connectivity index (χ4n) is 2.13. The predicted octanol–water partition coefficient (Wildman–Crippen LogP) is 3.49. The lowest BCUT2D eigenvalue weighted by molar-refractivity contribution is 0.764. The number of benzene rings is 1. The molecule has 4 heteroatoms. The van der Waals surface area contributed by atoms with Crippen LogP contribution in [0.3, 0.4) is 0 Å². The van der Waals surface area contributed by atoms with Gasteiger partial charge in [-0.05, 0) is 35.4 Å². The standard InChI is InChI=1S/C18H18N4/c1-21-13-11-17(19-21)9-7-15-3-5-16(6-4-15)8-10-18-12-14-22(2)20-18/h3-14H,1-2H3/b9-7+,10-8+. The van der Waals surface area contributed by atoms with E-state index >= 15 is 0 Å². The molecule has 0 amide bonds. The summed E-state index contributed by atoms with van der Waals surface area (Å²) in [6, 6.07) is 12.4. The van der Waals surface area contributed by atoms with Crippen molar-refractivity contribution in [2.24, 2.45) is 14.1 Å². The fourth-order valence-corrected chi connectivity index (χ4v) is 2.13. The third-order valence-corrected chi connectivity index (χ3v) is 3.30. The molecule has 0 unspecified atom stereocenters. The molecule has 0 fully saturated rings. The van der Waals surface area contributed by atoms with E-state index in [-0.39, 0.29) is 0 Å². The van der Waals surface area contributed by atoms with Crippen LogP contribution in [0.4, 0.5) is 0 Å². The quantitative estimate of drug-likeness (QED) is 0.737. The molecule has 2 aromatic heterocycles. The number of aryl methyl sites for hydroxylation is 2. The second-order valence-electron chi connectivity index (χ2n) is 5.16. The van der Waals surface area contributed by atoms with E-state index in [0.717, 1.165) is 22.5 Å². The Bertz CT molecular complexity index is 734. The van der Waals surface area contributed by atoms with Crippen LogP contribution < -0.4 is 0 Å².